The van der Waals surface area contributed by atoms with Crippen molar-refractivity contribution in [2.24, 2.45) is 28.6 Å². The molecule has 3 saturated carbocycles. The van der Waals surface area contributed by atoms with Gasteiger partial charge in [-0.1, -0.05) is 60.3 Å². The Morgan fingerprint density at radius 1 is 1.13 bits per heavy atom. The van der Waals surface area contributed by atoms with Gasteiger partial charge in [-0.05, 0) is 75.7 Å². The zero-order chi connectivity index (χ0) is 28.1. The lowest BCUT2D eigenvalue weighted by molar-refractivity contribution is -0.223. The van der Waals surface area contributed by atoms with Crippen molar-refractivity contribution in [3.63, 3.8) is 0 Å². The zero-order valence-corrected chi connectivity index (χ0v) is 25.5. The van der Waals surface area contributed by atoms with E-state index in [9.17, 15) is 14.7 Å². The Kier molecular flexibility index (Phi) is 6.76. The van der Waals surface area contributed by atoms with Crippen molar-refractivity contribution in [2.45, 2.75) is 81.9 Å². The number of Topliss-reactive ketones (excluding diaryl/α,β-unsaturated/α-hetero) is 1. The van der Waals surface area contributed by atoms with Crippen molar-refractivity contribution >= 4 is 58.1 Å². The first kappa shape index (κ1) is 28.3. The molecular weight excluding hydrogens is 579 g/mol. The average molecular weight is 612 g/mol. The number of aliphatic hydroxyl groups excluding tert-OH is 1. The zero-order valence-electron chi connectivity index (χ0n) is 22.4. The number of thioether (sulfide) groups is 1. The van der Waals surface area contributed by atoms with Gasteiger partial charge in [-0.2, -0.15) is 0 Å². The normalized spacial score (nSPS) is 41.9. The molecule has 1 saturated heterocycles. The summed E-state index contributed by atoms with van der Waals surface area (Å²) in [4.78, 5) is 27.2. The van der Waals surface area contributed by atoms with Gasteiger partial charge in [0.2, 0.25) is 0 Å². The van der Waals surface area contributed by atoms with Gasteiger partial charge in [-0.25, -0.2) is 0 Å². The van der Waals surface area contributed by atoms with Crippen LogP contribution in [0.2, 0.25) is 15.1 Å². The van der Waals surface area contributed by atoms with Crippen LogP contribution in [0, 0.1) is 28.6 Å². The highest BCUT2D eigenvalue weighted by atomic mass is 35.5. The monoisotopic (exact) mass is 610 g/mol. The molecule has 8 atom stereocenters. The van der Waals surface area contributed by atoms with Crippen LogP contribution in [0.1, 0.15) is 53.4 Å². The molecule has 0 aromatic heterocycles. The van der Waals surface area contributed by atoms with Crippen molar-refractivity contribution in [1.29, 1.82) is 0 Å². The maximum Gasteiger partial charge on any atom is 0.178 e. The van der Waals surface area contributed by atoms with Crippen LogP contribution in [0.3, 0.4) is 0 Å². The lowest BCUT2D eigenvalue weighted by atomic mass is 9.46. The molecule has 210 valence electrons. The number of aliphatic hydroxyl groups is 1. The number of ether oxygens (including phenoxy) is 2. The third-order valence-electron chi connectivity index (χ3n) is 10.2. The molecule has 0 spiro atoms. The molecule has 5 unspecified atom stereocenters. The fourth-order valence-electron chi connectivity index (χ4n) is 8.79. The maximum atomic E-state index is 14.4. The Labute approximate surface area is 248 Å². The lowest BCUT2D eigenvalue weighted by Gasteiger charge is -2.60. The van der Waals surface area contributed by atoms with Crippen LogP contribution in [0.25, 0.3) is 0 Å². The Morgan fingerprint density at radius 3 is 2.59 bits per heavy atom. The van der Waals surface area contributed by atoms with E-state index in [2.05, 4.69) is 13.8 Å². The largest absolute Gasteiger partial charge is 0.393 e. The second-order valence-electron chi connectivity index (χ2n) is 12.7. The quantitative estimate of drug-likeness (QED) is 0.290. The SMILES string of the molecule is CC1(C)O[C@@H]2CC3C4CCC5=CC(=O)C=CC5(C)C4[C@@H](O)CC3(C)[C@]2(C(=O)CSc2cc(Cl)c(Cl)cc2Cl)O1. The fraction of sp³-hybridized carbons (Fsp3) is 0.600. The average Bonchev–Trinajstić information content (AvgIpc) is 3.26. The second kappa shape index (κ2) is 9.32. The number of halogens is 3. The molecule has 0 bridgehead atoms. The van der Waals surface area contributed by atoms with Crippen LogP contribution in [0.15, 0.2) is 40.8 Å². The van der Waals surface area contributed by atoms with Crippen LogP contribution >= 0.6 is 46.6 Å². The molecule has 1 heterocycles. The van der Waals surface area contributed by atoms with Crippen LogP contribution in [0.4, 0.5) is 0 Å². The van der Waals surface area contributed by atoms with Crippen molar-refractivity contribution in [2.75, 3.05) is 5.75 Å². The van der Waals surface area contributed by atoms with E-state index in [-0.39, 0.29) is 40.5 Å². The van der Waals surface area contributed by atoms with E-state index in [1.807, 2.05) is 19.9 Å². The molecule has 1 aromatic carbocycles. The van der Waals surface area contributed by atoms with E-state index < -0.39 is 29.0 Å². The minimum atomic E-state index is -1.20. The van der Waals surface area contributed by atoms with Gasteiger partial charge in [0.25, 0.3) is 0 Å². The predicted molar refractivity (Wildman–Crippen MR) is 153 cm³/mol. The summed E-state index contributed by atoms with van der Waals surface area (Å²) in [5, 5.41) is 13.0. The smallest absolute Gasteiger partial charge is 0.178 e. The summed E-state index contributed by atoms with van der Waals surface area (Å²) >= 11 is 20.1. The first-order valence-corrected chi connectivity index (χ1v) is 15.6. The van der Waals surface area contributed by atoms with Crippen molar-refractivity contribution < 1.29 is 24.2 Å². The topological polar surface area (TPSA) is 72.8 Å². The molecule has 1 aromatic rings. The highest BCUT2D eigenvalue weighted by Gasteiger charge is 2.76. The van der Waals surface area contributed by atoms with Crippen molar-refractivity contribution in [1.82, 2.24) is 0 Å². The van der Waals surface area contributed by atoms with Gasteiger partial charge in [0.1, 0.15) is 0 Å². The fourth-order valence-corrected chi connectivity index (χ4v) is 10.5. The minimum absolute atomic E-state index is 0.0135. The standard InChI is InChI=1S/C30H33Cl3O5S/c1-27(2)37-25-10-18-17-6-5-15-9-16(34)7-8-28(15,3)26(17)22(35)13-29(18,4)30(25,38-27)24(36)14-39-23-12-20(32)19(31)11-21(23)33/h7-9,11-12,17-18,22,25-26,35H,5-6,10,13-14H2,1-4H3/t17?,18?,22-,25+,26?,28?,29?,30+/m0/s1. The number of hydrogen-bond acceptors (Lipinski definition) is 6. The van der Waals surface area contributed by atoms with Gasteiger partial charge in [0.15, 0.2) is 23.0 Å². The van der Waals surface area contributed by atoms with E-state index in [0.29, 0.717) is 32.8 Å². The Bertz CT molecular complexity index is 1330. The molecule has 9 heteroatoms. The Morgan fingerprint density at radius 2 is 1.85 bits per heavy atom. The van der Waals surface area contributed by atoms with Gasteiger partial charge in [-0.15, -0.1) is 11.8 Å². The summed E-state index contributed by atoms with van der Waals surface area (Å²) in [7, 11) is 0. The highest BCUT2D eigenvalue weighted by Crippen LogP contribution is 2.70. The molecule has 1 aliphatic heterocycles. The summed E-state index contributed by atoms with van der Waals surface area (Å²) in [6, 6.07) is 3.27. The minimum Gasteiger partial charge on any atom is -0.393 e. The van der Waals surface area contributed by atoms with E-state index in [4.69, 9.17) is 44.3 Å². The van der Waals surface area contributed by atoms with Crippen LogP contribution in [-0.2, 0) is 19.1 Å². The van der Waals surface area contributed by atoms with Gasteiger partial charge in [0.05, 0.1) is 33.0 Å². The molecule has 5 aliphatic rings. The van der Waals surface area contributed by atoms with Gasteiger partial charge >= 0.3 is 0 Å². The molecular formula is C30H33Cl3O5S. The third-order valence-corrected chi connectivity index (χ3v) is 12.4. The maximum absolute atomic E-state index is 14.4. The molecule has 0 radical (unpaired) electrons. The number of carbonyl (C=O) groups is 2. The molecule has 4 aliphatic carbocycles. The summed E-state index contributed by atoms with van der Waals surface area (Å²) in [6.45, 7) is 7.97. The molecule has 5 nitrogen and oxygen atoms in total. The number of benzene rings is 1. The summed E-state index contributed by atoms with van der Waals surface area (Å²) in [5.74, 6) is -0.603. The Balaban J connectivity index is 1.35. The lowest BCUT2D eigenvalue weighted by Crippen LogP contribution is -2.63. The van der Waals surface area contributed by atoms with E-state index >= 15 is 0 Å². The van der Waals surface area contributed by atoms with E-state index in [1.54, 1.807) is 24.3 Å². The van der Waals surface area contributed by atoms with E-state index in [1.165, 1.54) is 11.8 Å². The van der Waals surface area contributed by atoms with E-state index in [0.717, 1.165) is 18.4 Å². The first-order chi connectivity index (χ1) is 18.2. The first-order valence-electron chi connectivity index (χ1n) is 13.5. The Hall–Kier alpha value is -0.860. The highest BCUT2D eigenvalue weighted by molar-refractivity contribution is 8.00. The molecule has 1 N–H and O–H groups in total. The molecule has 39 heavy (non-hydrogen) atoms. The van der Waals surface area contributed by atoms with Crippen molar-refractivity contribution in [3.05, 3.63) is 51.0 Å². The molecule has 6 rings (SSSR count). The van der Waals surface area contributed by atoms with Crippen LogP contribution in [0.5, 0.6) is 0 Å². The van der Waals surface area contributed by atoms with Crippen LogP contribution in [-0.4, -0.2) is 46.0 Å². The summed E-state index contributed by atoms with van der Waals surface area (Å²) in [6.07, 6.45) is 7.09. The third kappa shape index (κ3) is 4.07. The van der Waals surface area contributed by atoms with Gasteiger partial charge < -0.3 is 14.6 Å². The predicted octanol–water partition coefficient (Wildman–Crippen LogP) is 7.09. The number of carbonyl (C=O) groups excluding carboxylic acids is 2. The molecule has 0 amide bonds. The number of rotatable bonds is 4. The molecule has 4 fully saturated rings. The number of fused-ring (bicyclic) bond motifs is 7. The number of hydrogen-bond donors (Lipinski definition) is 1. The van der Waals surface area contributed by atoms with Gasteiger partial charge in [-0.3, -0.25) is 9.59 Å². The summed E-state index contributed by atoms with van der Waals surface area (Å²) in [5.41, 5.74) is -1.10. The second-order valence-corrected chi connectivity index (χ2v) is 14.9. The number of ketones is 2. The van der Waals surface area contributed by atoms with Crippen LogP contribution < -0.4 is 0 Å². The summed E-state index contributed by atoms with van der Waals surface area (Å²) < 4.78 is 13.1. The van der Waals surface area contributed by atoms with Crippen molar-refractivity contribution in [3.8, 4) is 0 Å². The number of allylic oxidation sites excluding steroid dienone is 4. The van der Waals surface area contributed by atoms with Gasteiger partial charge in [0, 0.05) is 21.6 Å².